The van der Waals surface area contributed by atoms with Gasteiger partial charge in [0, 0.05) is 16.8 Å². The highest BCUT2D eigenvalue weighted by atomic mass is 32.2. The molecule has 0 spiro atoms. The number of benzene rings is 1. The summed E-state index contributed by atoms with van der Waals surface area (Å²) in [7, 11) is 0. The number of para-hydroxylation sites is 1. The average molecular weight is 428 g/mol. The van der Waals surface area contributed by atoms with Crippen molar-refractivity contribution in [2.24, 2.45) is 0 Å². The Balaban J connectivity index is 1.53. The molecule has 0 bridgehead atoms. The predicted octanol–water partition coefficient (Wildman–Crippen LogP) is 4.90. The van der Waals surface area contributed by atoms with Crippen molar-refractivity contribution in [2.45, 2.75) is 44.6 Å². The van der Waals surface area contributed by atoms with Gasteiger partial charge in [0.25, 0.3) is 0 Å². The van der Waals surface area contributed by atoms with Crippen LogP contribution in [-0.2, 0) is 11.3 Å². The van der Waals surface area contributed by atoms with E-state index < -0.39 is 0 Å². The molecule has 9 heteroatoms. The van der Waals surface area contributed by atoms with Gasteiger partial charge in [-0.15, -0.1) is 21.5 Å². The molecule has 3 heterocycles. The molecule has 0 saturated carbocycles. The van der Waals surface area contributed by atoms with Crippen molar-refractivity contribution in [1.82, 2.24) is 19.7 Å². The third-order valence-electron chi connectivity index (χ3n) is 4.59. The number of carbonyl (C=O) groups excluding carboxylic acids is 1. The lowest BCUT2D eigenvalue weighted by molar-refractivity contribution is -0.115. The van der Waals surface area contributed by atoms with E-state index in [-0.39, 0.29) is 11.2 Å². The standard InChI is InChI=1S/C20H21N5O2S2/c1-5-25-17(16-10-14-8-6-7-9-15(14)27-16)23-24-20(25)29-13(4)18(26)22-19-21-11(2)12(3)28-19/h6-10,13H,5H2,1-4H3,(H,21,22,26)/t13-/m0/s1. The molecule has 0 aliphatic carbocycles. The monoisotopic (exact) mass is 427 g/mol. The SMILES string of the molecule is CCn1c(S[C@@H](C)C(=O)Nc2nc(C)c(C)s2)nnc1-c1cc2ccccc2o1. The Kier molecular flexibility index (Phi) is 5.42. The number of fused-ring (bicyclic) bond motifs is 1. The van der Waals surface area contributed by atoms with Crippen LogP contribution in [-0.4, -0.2) is 30.9 Å². The first-order valence-corrected chi connectivity index (χ1v) is 11.0. The molecule has 0 aliphatic heterocycles. The smallest absolute Gasteiger partial charge is 0.239 e. The number of nitrogens with zero attached hydrogens (tertiary/aromatic N) is 4. The Bertz CT molecular complexity index is 1120. The van der Waals surface area contributed by atoms with Gasteiger partial charge in [0.2, 0.25) is 11.7 Å². The zero-order valence-corrected chi connectivity index (χ0v) is 18.2. The van der Waals surface area contributed by atoms with Gasteiger partial charge in [0.1, 0.15) is 5.58 Å². The molecular formula is C20H21N5O2S2. The quantitative estimate of drug-likeness (QED) is 0.440. The second kappa shape index (κ2) is 8.00. The minimum Gasteiger partial charge on any atom is -0.453 e. The zero-order valence-electron chi connectivity index (χ0n) is 16.6. The fraction of sp³-hybridized carbons (Fsp3) is 0.300. The second-order valence-corrected chi connectivity index (χ2v) is 9.12. The van der Waals surface area contributed by atoms with E-state index in [1.807, 2.05) is 62.6 Å². The maximum absolute atomic E-state index is 12.6. The lowest BCUT2D eigenvalue weighted by Crippen LogP contribution is -2.22. The van der Waals surface area contributed by atoms with Crippen LogP contribution in [0.25, 0.3) is 22.6 Å². The van der Waals surface area contributed by atoms with Crippen LogP contribution in [0.5, 0.6) is 0 Å². The van der Waals surface area contributed by atoms with Gasteiger partial charge in [0.15, 0.2) is 16.0 Å². The van der Waals surface area contributed by atoms with Crippen molar-refractivity contribution in [3.63, 3.8) is 0 Å². The molecular weight excluding hydrogens is 406 g/mol. The largest absolute Gasteiger partial charge is 0.453 e. The lowest BCUT2D eigenvalue weighted by Gasteiger charge is -2.11. The number of hydrogen-bond acceptors (Lipinski definition) is 7. The Morgan fingerprint density at radius 2 is 2.10 bits per heavy atom. The molecule has 0 radical (unpaired) electrons. The summed E-state index contributed by atoms with van der Waals surface area (Å²) in [4.78, 5) is 18.1. The molecule has 1 N–H and O–H groups in total. The van der Waals surface area contributed by atoms with Crippen LogP contribution in [0.1, 0.15) is 24.4 Å². The molecule has 1 atom stereocenters. The van der Waals surface area contributed by atoms with Gasteiger partial charge in [-0.3, -0.25) is 9.36 Å². The van der Waals surface area contributed by atoms with Gasteiger partial charge >= 0.3 is 0 Å². The van der Waals surface area contributed by atoms with Gasteiger partial charge in [-0.1, -0.05) is 30.0 Å². The fourth-order valence-corrected chi connectivity index (χ4v) is 4.61. The van der Waals surface area contributed by atoms with E-state index in [0.29, 0.717) is 28.4 Å². The van der Waals surface area contributed by atoms with E-state index in [1.165, 1.54) is 23.1 Å². The van der Waals surface area contributed by atoms with Crippen molar-refractivity contribution >= 4 is 45.1 Å². The number of aromatic nitrogens is 4. The molecule has 1 amide bonds. The van der Waals surface area contributed by atoms with Crippen LogP contribution in [0, 0.1) is 13.8 Å². The number of thiazole rings is 1. The Hall–Kier alpha value is -2.65. The fourth-order valence-electron chi connectivity index (χ4n) is 2.88. The summed E-state index contributed by atoms with van der Waals surface area (Å²) < 4.78 is 7.90. The van der Waals surface area contributed by atoms with Gasteiger partial charge in [0.05, 0.1) is 10.9 Å². The van der Waals surface area contributed by atoms with Crippen molar-refractivity contribution in [2.75, 3.05) is 5.32 Å². The van der Waals surface area contributed by atoms with E-state index >= 15 is 0 Å². The summed E-state index contributed by atoms with van der Waals surface area (Å²) in [5.41, 5.74) is 1.75. The van der Waals surface area contributed by atoms with Crippen molar-refractivity contribution in [1.29, 1.82) is 0 Å². The number of rotatable bonds is 6. The predicted molar refractivity (Wildman–Crippen MR) is 116 cm³/mol. The van der Waals surface area contributed by atoms with Gasteiger partial charge in [-0.25, -0.2) is 4.98 Å². The molecule has 0 saturated heterocycles. The van der Waals surface area contributed by atoms with Crippen molar-refractivity contribution < 1.29 is 9.21 Å². The molecule has 0 fully saturated rings. The summed E-state index contributed by atoms with van der Waals surface area (Å²) in [6, 6.07) is 9.80. The zero-order chi connectivity index (χ0) is 20.5. The highest BCUT2D eigenvalue weighted by molar-refractivity contribution is 8.00. The van der Waals surface area contributed by atoms with Crippen LogP contribution in [0.2, 0.25) is 0 Å². The number of carbonyl (C=O) groups is 1. The third kappa shape index (κ3) is 3.92. The van der Waals surface area contributed by atoms with Crippen LogP contribution in [0.15, 0.2) is 39.9 Å². The number of amides is 1. The minimum absolute atomic E-state index is 0.111. The summed E-state index contributed by atoms with van der Waals surface area (Å²) in [5.74, 6) is 1.21. The van der Waals surface area contributed by atoms with E-state index in [9.17, 15) is 4.79 Å². The first kappa shape index (κ1) is 19.7. The van der Waals surface area contributed by atoms with Gasteiger partial charge in [-0.2, -0.15) is 0 Å². The number of thioether (sulfide) groups is 1. The van der Waals surface area contributed by atoms with E-state index in [0.717, 1.165) is 21.5 Å². The Morgan fingerprint density at radius 3 is 2.79 bits per heavy atom. The van der Waals surface area contributed by atoms with Gasteiger partial charge in [-0.05, 0) is 39.8 Å². The van der Waals surface area contributed by atoms with Crippen LogP contribution in [0.4, 0.5) is 5.13 Å². The van der Waals surface area contributed by atoms with E-state index in [4.69, 9.17) is 4.42 Å². The Morgan fingerprint density at radius 1 is 1.31 bits per heavy atom. The third-order valence-corrected chi connectivity index (χ3v) is 6.66. The summed E-state index contributed by atoms with van der Waals surface area (Å²) in [6.07, 6.45) is 0. The summed E-state index contributed by atoms with van der Waals surface area (Å²) in [6.45, 7) is 8.46. The normalized spacial score (nSPS) is 12.4. The first-order chi connectivity index (χ1) is 14.0. The highest BCUT2D eigenvalue weighted by Crippen LogP contribution is 2.31. The summed E-state index contributed by atoms with van der Waals surface area (Å²) >= 11 is 2.85. The van der Waals surface area contributed by atoms with Crippen LogP contribution >= 0.6 is 23.1 Å². The molecule has 150 valence electrons. The van der Waals surface area contributed by atoms with E-state index in [1.54, 1.807) is 0 Å². The molecule has 4 aromatic rings. The van der Waals surface area contributed by atoms with E-state index in [2.05, 4.69) is 20.5 Å². The molecule has 1 aromatic carbocycles. The number of anilines is 1. The molecule has 3 aromatic heterocycles. The lowest BCUT2D eigenvalue weighted by atomic mass is 10.2. The number of aryl methyl sites for hydroxylation is 2. The highest BCUT2D eigenvalue weighted by Gasteiger charge is 2.22. The number of furan rings is 1. The molecule has 29 heavy (non-hydrogen) atoms. The van der Waals surface area contributed by atoms with Crippen LogP contribution < -0.4 is 5.32 Å². The number of nitrogens with one attached hydrogen (secondary N) is 1. The first-order valence-electron chi connectivity index (χ1n) is 9.30. The summed E-state index contributed by atoms with van der Waals surface area (Å²) in [5, 5.41) is 13.5. The molecule has 0 aliphatic rings. The van der Waals surface area contributed by atoms with Gasteiger partial charge < -0.3 is 9.73 Å². The topological polar surface area (TPSA) is 85.8 Å². The van der Waals surface area contributed by atoms with Crippen LogP contribution in [0.3, 0.4) is 0 Å². The average Bonchev–Trinajstić information content (AvgIpc) is 3.38. The maximum atomic E-state index is 12.6. The second-order valence-electron chi connectivity index (χ2n) is 6.61. The maximum Gasteiger partial charge on any atom is 0.239 e. The number of hydrogen-bond donors (Lipinski definition) is 1. The minimum atomic E-state index is -0.350. The Labute approximate surface area is 176 Å². The van der Waals surface area contributed by atoms with Crippen molar-refractivity contribution in [3.05, 3.63) is 40.9 Å². The van der Waals surface area contributed by atoms with Crippen molar-refractivity contribution in [3.8, 4) is 11.6 Å². The molecule has 0 unspecified atom stereocenters. The molecule has 7 nitrogen and oxygen atoms in total. The molecule has 4 rings (SSSR count).